The van der Waals surface area contributed by atoms with E-state index in [9.17, 15) is 4.79 Å². The number of nitrogens with zero attached hydrogens (tertiary/aromatic N) is 2. The normalized spacial score (nSPS) is 24.8. The Morgan fingerprint density at radius 2 is 2.38 bits per heavy atom. The summed E-state index contributed by atoms with van der Waals surface area (Å²) in [5.74, 6) is 1.46. The van der Waals surface area contributed by atoms with Crippen molar-refractivity contribution in [2.24, 2.45) is 11.3 Å². The SMILES string of the molecule is Cc1cncc(COC[C@]23CCC[C@H]2CN(C(=O)Cc2ccco2)C3)c1. The number of fused-ring (bicyclic) bond motifs is 1. The lowest BCUT2D eigenvalue weighted by atomic mass is 9.81. The first-order chi connectivity index (χ1) is 12.6. The van der Waals surface area contributed by atoms with Crippen LogP contribution in [-0.2, 0) is 22.6 Å². The number of pyridine rings is 1. The first-order valence-electron chi connectivity index (χ1n) is 9.43. The van der Waals surface area contributed by atoms with Gasteiger partial charge in [-0.15, -0.1) is 0 Å². The maximum Gasteiger partial charge on any atom is 0.230 e. The van der Waals surface area contributed by atoms with E-state index in [0.717, 1.165) is 43.0 Å². The number of amides is 1. The second kappa shape index (κ2) is 7.23. The number of hydrogen-bond donors (Lipinski definition) is 0. The van der Waals surface area contributed by atoms with Crippen molar-refractivity contribution < 1.29 is 13.9 Å². The minimum atomic E-state index is 0.121. The van der Waals surface area contributed by atoms with Gasteiger partial charge in [-0.2, -0.15) is 0 Å². The van der Waals surface area contributed by atoms with Crippen molar-refractivity contribution in [1.29, 1.82) is 0 Å². The van der Waals surface area contributed by atoms with Gasteiger partial charge in [0.1, 0.15) is 5.76 Å². The van der Waals surface area contributed by atoms with Crippen LogP contribution < -0.4 is 0 Å². The zero-order valence-corrected chi connectivity index (χ0v) is 15.3. The summed E-state index contributed by atoms with van der Waals surface area (Å²) in [5.41, 5.74) is 2.38. The highest BCUT2D eigenvalue weighted by atomic mass is 16.5. The maximum atomic E-state index is 12.6. The smallest absolute Gasteiger partial charge is 0.230 e. The molecule has 0 radical (unpaired) electrons. The summed E-state index contributed by atoms with van der Waals surface area (Å²) in [5, 5.41) is 0. The zero-order chi connectivity index (χ0) is 18.0. The van der Waals surface area contributed by atoms with Gasteiger partial charge in [0.2, 0.25) is 5.91 Å². The minimum absolute atomic E-state index is 0.121. The van der Waals surface area contributed by atoms with Crippen molar-refractivity contribution in [3.63, 3.8) is 0 Å². The van der Waals surface area contributed by atoms with E-state index in [0.29, 0.717) is 18.9 Å². The number of aromatic nitrogens is 1. The van der Waals surface area contributed by atoms with E-state index in [1.807, 2.05) is 36.4 Å². The fourth-order valence-corrected chi connectivity index (χ4v) is 4.58. The van der Waals surface area contributed by atoms with Gasteiger partial charge in [-0.1, -0.05) is 12.5 Å². The van der Waals surface area contributed by atoms with Crippen molar-refractivity contribution in [2.45, 2.75) is 39.2 Å². The van der Waals surface area contributed by atoms with Crippen LogP contribution in [0.4, 0.5) is 0 Å². The van der Waals surface area contributed by atoms with E-state index in [-0.39, 0.29) is 11.3 Å². The molecule has 0 bridgehead atoms. The van der Waals surface area contributed by atoms with Gasteiger partial charge in [-0.05, 0) is 48.9 Å². The number of ether oxygens (including phenoxy) is 1. The third-order valence-corrected chi connectivity index (χ3v) is 5.89. The molecule has 0 unspecified atom stereocenters. The third-order valence-electron chi connectivity index (χ3n) is 5.89. The Morgan fingerprint density at radius 1 is 1.46 bits per heavy atom. The molecule has 4 rings (SSSR count). The third kappa shape index (κ3) is 3.54. The van der Waals surface area contributed by atoms with Crippen LogP contribution in [0.15, 0.2) is 41.3 Å². The molecular formula is C21H26N2O3. The van der Waals surface area contributed by atoms with Crippen LogP contribution in [0.1, 0.15) is 36.1 Å². The van der Waals surface area contributed by atoms with E-state index in [1.165, 1.54) is 12.8 Å². The van der Waals surface area contributed by atoms with Crippen LogP contribution in [0.3, 0.4) is 0 Å². The predicted molar refractivity (Wildman–Crippen MR) is 97.4 cm³/mol. The lowest BCUT2D eigenvalue weighted by Crippen LogP contribution is -2.35. The summed E-state index contributed by atoms with van der Waals surface area (Å²) < 4.78 is 11.4. The number of hydrogen-bond acceptors (Lipinski definition) is 4. The number of furan rings is 1. The lowest BCUT2D eigenvalue weighted by molar-refractivity contribution is -0.130. The van der Waals surface area contributed by atoms with Crippen molar-refractivity contribution in [2.75, 3.05) is 19.7 Å². The van der Waals surface area contributed by atoms with Crippen LogP contribution in [0.5, 0.6) is 0 Å². The number of carbonyl (C=O) groups excluding carboxylic acids is 1. The van der Waals surface area contributed by atoms with Gasteiger partial charge in [0.15, 0.2) is 0 Å². The van der Waals surface area contributed by atoms with Gasteiger partial charge in [0.25, 0.3) is 0 Å². The maximum absolute atomic E-state index is 12.6. The lowest BCUT2D eigenvalue weighted by Gasteiger charge is -2.28. The Bertz CT molecular complexity index is 758. The van der Waals surface area contributed by atoms with Gasteiger partial charge in [0.05, 0.1) is 25.9 Å². The summed E-state index contributed by atoms with van der Waals surface area (Å²) in [7, 11) is 0. The van der Waals surface area contributed by atoms with E-state index in [4.69, 9.17) is 9.15 Å². The summed E-state index contributed by atoms with van der Waals surface area (Å²) in [6.45, 7) is 5.01. The second-order valence-corrected chi connectivity index (χ2v) is 7.85. The molecule has 2 atom stereocenters. The summed E-state index contributed by atoms with van der Waals surface area (Å²) in [4.78, 5) is 18.9. The van der Waals surface area contributed by atoms with Gasteiger partial charge < -0.3 is 14.1 Å². The topological polar surface area (TPSA) is 55.6 Å². The Kier molecular flexibility index (Phi) is 4.81. The van der Waals surface area contributed by atoms with Crippen LogP contribution in [-0.4, -0.2) is 35.5 Å². The molecular weight excluding hydrogens is 328 g/mol. The average Bonchev–Trinajstić information content (AvgIpc) is 3.30. The molecule has 26 heavy (non-hydrogen) atoms. The number of carbonyl (C=O) groups is 1. The molecule has 1 saturated carbocycles. The molecule has 2 aromatic heterocycles. The fraction of sp³-hybridized carbons (Fsp3) is 0.524. The molecule has 1 aliphatic heterocycles. The van der Waals surface area contributed by atoms with Crippen molar-refractivity contribution >= 4 is 5.91 Å². The fourth-order valence-electron chi connectivity index (χ4n) is 4.58. The largest absolute Gasteiger partial charge is 0.469 e. The van der Waals surface area contributed by atoms with E-state index < -0.39 is 0 Å². The molecule has 1 aliphatic carbocycles. The second-order valence-electron chi connectivity index (χ2n) is 7.85. The van der Waals surface area contributed by atoms with Crippen molar-refractivity contribution in [1.82, 2.24) is 9.88 Å². The molecule has 2 aliphatic rings. The average molecular weight is 354 g/mol. The van der Waals surface area contributed by atoms with Crippen molar-refractivity contribution in [3.8, 4) is 0 Å². The number of likely N-dealkylation sites (tertiary alicyclic amines) is 1. The molecule has 5 nitrogen and oxygen atoms in total. The Hall–Kier alpha value is -2.14. The Morgan fingerprint density at radius 3 is 3.19 bits per heavy atom. The zero-order valence-electron chi connectivity index (χ0n) is 15.3. The quantitative estimate of drug-likeness (QED) is 0.798. The number of aryl methyl sites for hydroxylation is 1. The Balaban J connectivity index is 1.36. The molecule has 3 heterocycles. The van der Waals surface area contributed by atoms with Gasteiger partial charge >= 0.3 is 0 Å². The summed E-state index contributed by atoms with van der Waals surface area (Å²) in [6, 6.07) is 5.81. The molecule has 0 N–H and O–H groups in total. The van der Waals surface area contributed by atoms with E-state index >= 15 is 0 Å². The first-order valence-corrected chi connectivity index (χ1v) is 9.43. The molecule has 1 amide bonds. The van der Waals surface area contributed by atoms with E-state index in [2.05, 4.69) is 11.1 Å². The highest BCUT2D eigenvalue weighted by Crippen LogP contribution is 2.49. The van der Waals surface area contributed by atoms with Gasteiger partial charge in [-0.3, -0.25) is 9.78 Å². The molecule has 1 saturated heterocycles. The van der Waals surface area contributed by atoms with E-state index in [1.54, 1.807) is 6.26 Å². The number of rotatable bonds is 6. The Labute approximate surface area is 154 Å². The highest BCUT2D eigenvalue weighted by Gasteiger charge is 2.50. The summed E-state index contributed by atoms with van der Waals surface area (Å²) >= 11 is 0. The molecule has 0 aromatic carbocycles. The molecule has 138 valence electrons. The van der Waals surface area contributed by atoms with Gasteiger partial charge in [-0.25, -0.2) is 0 Å². The van der Waals surface area contributed by atoms with Crippen LogP contribution >= 0.6 is 0 Å². The highest BCUT2D eigenvalue weighted by molar-refractivity contribution is 5.78. The molecule has 2 aromatic rings. The summed E-state index contributed by atoms with van der Waals surface area (Å²) in [6.07, 6.45) is 9.27. The first kappa shape index (κ1) is 17.3. The van der Waals surface area contributed by atoms with Crippen molar-refractivity contribution in [3.05, 3.63) is 53.7 Å². The molecule has 5 heteroatoms. The predicted octanol–water partition coefficient (Wildman–Crippen LogP) is 3.37. The van der Waals surface area contributed by atoms with Crippen LogP contribution in [0.25, 0.3) is 0 Å². The molecule has 0 spiro atoms. The van der Waals surface area contributed by atoms with Gasteiger partial charge in [0, 0.05) is 30.9 Å². The molecule has 2 fully saturated rings. The minimum Gasteiger partial charge on any atom is -0.469 e. The monoisotopic (exact) mass is 354 g/mol. The van der Waals surface area contributed by atoms with Crippen LogP contribution in [0.2, 0.25) is 0 Å². The van der Waals surface area contributed by atoms with Crippen LogP contribution in [0, 0.1) is 18.3 Å². The standard InChI is InChI=1S/C21H26N2O3/c1-16-8-17(11-22-10-16)13-25-15-21-6-2-4-18(21)12-23(14-21)20(24)9-19-5-3-7-26-19/h3,5,7-8,10-11,18H,2,4,6,9,12-15H2,1H3/t18-,21+/m0/s1.